The normalized spacial score (nSPS) is 21.8. The van der Waals surface area contributed by atoms with Gasteiger partial charge in [0.15, 0.2) is 0 Å². The van der Waals surface area contributed by atoms with Crippen molar-refractivity contribution in [3.63, 3.8) is 0 Å². The van der Waals surface area contributed by atoms with Gasteiger partial charge < -0.3 is 31.9 Å². The molecule has 3 aliphatic rings. The maximum atomic E-state index is 13.8. The van der Waals surface area contributed by atoms with Crippen LogP contribution >= 0.6 is 23.5 Å². The van der Waals surface area contributed by atoms with E-state index in [1.807, 2.05) is 0 Å². The van der Waals surface area contributed by atoms with Gasteiger partial charge in [0, 0.05) is 24.3 Å². The number of pyridine rings is 2. The lowest BCUT2D eigenvalue weighted by atomic mass is 10.0. The fourth-order valence-electron chi connectivity index (χ4n) is 6.57. The lowest BCUT2D eigenvalue weighted by molar-refractivity contribution is -0.129. The van der Waals surface area contributed by atoms with E-state index in [1.165, 1.54) is 44.8 Å². The van der Waals surface area contributed by atoms with Crippen LogP contribution in [0.4, 0.5) is 11.4 Å². The molecule has 4 bridgehead atoms. The average Bonchev–Trinajstić information content (AvgIpc) is 3.84. The van der Waals surface area contributed by atoms with Gasteiger partial charge in [0.2, 0.25) is 35.4 Å². The zero-order valence-corrected chi connectivity index (χ0v) is 31.2. The minimum Gasteiger partial charge on any atom is -0.345 e. The number of benzene rings is 2. The van der Waals surface area contributed by atoms with E-state index in [9.17, 15) is 38.4 Å². The predicted octanol–water partition coefficient (Wildman–Crippen LogP) is 0.582. The van der Waals surface area contributed by atoms with Crippen molar-refractivity contribution in [2.24, 2.45) is 0 Å². The second kappa shape index (κ2) is 16.7. The largest absolute Gasteiger partial charge is 0.345 e. The summed E-state index contributed by atoms with van der Waals surface area (Å²) in [5.74, 6) is -3.74. The van der Waals surface area contributed by atoms with Gasteiger partial charge in [0.25, 0.3) is 11.1 Å². The molecule has 6 amide bonds. The average molecular weight is 797 g/mol. The van der Waals surface area contributed by atoms with Gasteiger partial charge in [-0.15, -0.1) is 23.5 Å². The lowest BCUT2D eigenvalue weighted by Crippen LogP contribution is -2.50. The molecule has 0 spiro atoms. The molecule has 56 heavy (non-hydrogen) atoms. The molecule has 6 N–H and O–H groups in total. The van der Waals surface area contributed by atoms with Crippen LogP contribution in [-0.2, 0) is 41.6 Å². The number of rotatable bonds is 4. The van der Waals surface area contributed by atoms with Crippen molar-refractivity contribution in [3.05, 3.63) is 117 Å². The first-order valence-electron chi connectivity index (χ1n) is 17.7. The van der Waals surface area contributed by atoms with Crippen molar-refractivity contribution in [2.75, 3.05) is 35.2 Å². The Hall–Kier alpha value is -6.14. The Balaban J connectivity index is 1.20. The van der Waals surface area contributed by atoms with E-state index < -0.39 is 83.8 Å². The van der Waals surface area contributed by atoms with E-state index in [0.717, 1.165) is 0 Å². The van der Waals surface area contributed by atoms with Gasteiger partial charge in [-0.05, 0) is 35.4 Å². The Labute approximate surface area is 327 Å². The third-order valence-corrected chi connectivity index (χ3v) is 11.6. The summed E-state index contributed by atoms with van der Waals surface area (Å²) in [7, 11) is 0. The van der Waals surface area contributed by atoms with Crippen LogP contribution in [0.3, 0.4) is 0 Å². The molecule has 7 rings (SSSR count). The fourth-order valence-corrected chi connectivity index (χ4v) is 8.86. The van der Waals surface area contributed by atoms with Crippen molar-refractivity contribution in [1.29, 1.82) is 0 Å². The van der Waals surface area contributed by atoms with Crippen molar-refractivity contribution in [3.8, 4) is 0 Å². The Kier molecular flexibility index (Phi) is 11.4. The number of anilines is 2. The van der Waals surface area contributed by atoms with Gasteiger partial charge in [-0.3, -0.25) is 47.5 Å². The smallest absolute Gasteiger partial charge is 0.275 e. The molecular weight excluding hydrogens is 761 g/mol. The van der Waals surface area contributed by atoms with Crippen LogP contribution in [0.15, 0.2) is 105 Å². The van der Waals surface area contributed by atoms with E-state index in [0.29, 0.717) is 21.2 Å². The number of fused-ring (bicyclic) bond motifs is 2. The Bertz CT molecular complexity index is 2170. The van der Waals surface area contributed by atoms with E-state index in [-0.39, 0.29) is 35.7 Å². The van der Waals surface area contributed by atoms with Crippen molar-refractivity contribution in [1.82, 2.24) is 30.4 Å². The zero-order valence-electron chi connectivity index (χ0n) is 29.6. The van der Waals surface area contributed by atoms with Crippen molar-refractivity contribution < 1.29 is 28.8 Å². The summed E-state index contributed by atoms with van der Waals surface area (Å²) < 4.78 is 2.47. The SMILES string of the molecule is O=C1CNC(=O)[C@@H]2CSc3ccc(c(=O)n32)NC(=O)[C@H](Cc2ccccc2)NC(=O)CNC(=O)[C@@H]2CSc3ccc(c(=O)n32)NC(=O)[C@H](Cc2ccccc2)N1. The van der Waals surface area contributed by atoms with Gasteiger partial charge in [-0.1, -0.05) is 60.7 Å². The molecule has 288 valence electrons. The van der Waals surface area contributed by atoms with Gasteiger partial charge in [-0.25, -0.2) is 0 Å². The molecule has 0 saturated heterocycles. The first kappa shape index (κ1) is 38.1. The summed E-state index contributed by atoms with van der Waals surface area (Å²) in [5.41, 5.74) is -0.178. The quantitative estimate of drug-likeness (QED) is 0.169. The first-order chi connectivity index (χ1) is 27.0. The first-order valence-corrected chi connectivity index (χ1v) is 19.6. The lowest BCUT2D eigenvalue weighted by Gasteiger charge is -2.21. The predicted molar refractivity (Wildman–Crippen MR) is 208 cm³/mol. The van der Waals surface area contributed by atoms with Gasteiger partial charge in [0.1, 0.15) is 35.5 Å². The topological polar surface area (TPSA) is 219 Å². The fraction of sp³-hybridized carbons (Fsp3) is 0.263. The van der Waals surface area contributed by atoms with Crippen molar-refractivity contribution >= 4 is 70.3 Å². The Morgan fingerprint density at radius 2 is 0.893 bits per heavy atom. The standard InChI is InChI=1S/C38H36N8O8S2/c47-29-17-39-35(51)27-19-56-32-14-12-24(38(54)46(27)32)44-34(50)26(16-22-9-5-2-6-10-22)42-30(48)18-40-36(52)28-20-55-31-13-11-23(37(53)45(28)31)43-33(49)25(41-29)15-21-7-3-1-4-8-21/h1-14,25-28H,15-20H2,(H,39,51)(H,40,52)(H,41,47)(H,42,48)(H,43,49)(H,44,50)/t25-,26-,27-,28-/m0/s1. The van der Waals surface area contributed by atoms with Gasteiger partial charge in [0.05, 0.1) is 23.1 Å². The molecule has 0 radical (unpaired) electrons. The van der Waals surface area contributed by atoms with Crippen molar-refractivity contribution in [2.45, 2.75) is 47.1 Å². The molecule has 4 atom stereocenters. The van der Waals surface area contributed by atoms with E-state index in [2.05, 4.69) is 31.9 Å². The maximum absolute atomic E-state index is 13.8. The molecule has 3 aliphatic heterocycles. The highest BCUT2D eigenvalue weighted by atomic mass is 32.2. The minimum absolute atomic E-state index is 0.0459. The number of carbonyl (C=O) groups excluding carboxylic acids is 6. The highest BCUT2D eigenvalue weighted by Gasteiger charge is 2.34. The highest BCUT2D eigenvalue weighted by Crippen LogP contribution is 2.33. The van der Waals surface area contributed by atoms with E-state index >= 15 is 0 Å². The van der Waals surface area contributed by atoms with Crippen LogP contribution < -0.4 is 43.0 Å². The molecule has 2 aromatic heterocycles. The number of hydrogen-bond acceptors (Lipinski definition) is 10. The number of thioether (sulfide) groups is 2. The zero-order chi connectivity index (χ0) is 39.3. The summed E-state index contributed by atoms with van der Waals surface area (Å²) in [6.45, 7) is -1.06. The summed E-state index contributed by atoms with van der Waals surface area (Å²) in [6, 6.07) is 19.4. The Morgan fingerprint density at radius 1 is 0.500 bits per heavy atom. The molecule has 4 aromatic rings. The molecule has 0 saturated carbocycles. The number of aromatic nitrogens is 2. The van der Waals surface area contributed by atoms with Crippen LogP contribution in [0, 0.1) is 0 Å². The number of hydrogen-bond donors (Lipinski definition) is 6. The number of carbonyl (C=O) groups is 6. The maximum Gasteiger partial charge on any atom is 0.275 e. The second-order valence-corrected chi connectivity index (χ2v) is 15.3. The van der Waals surface area contributed by atoms with Crippen LogP contribution in [-0.4, -0.2) is 81.3 Å². The third-order valence-electron chi connectivity index (χ3n) is 9.40. The second-order valence-electron chi connectivity index (χ2n) is 13.2. The van der Waals surface area contributed by atoms with Gasteiger partial charge >= 0.3 is 0 Å². The van der Waals surface area contributed by atoms with Crippen LogP contribution in [0.1, 0.15) is 23.2 Å². The molecule has 5 heterocycles. The molecule has 0 aliphatic carbocycles. The monoisotopic (exact) mass is 796 g/mol. The van der Waals surface area contributed by atoms with Crippen LogP contribution in [0.25, 0.3) is 0 Å². The summed E-state index contributed by atoms with van der Waals surface area (Å²) in [4.78, 5) is 108. The summed E-state index contributed by atoms with van der Waals surface area (Å²) in [5, 5.41) is 16.5. The van der Waals surface area contributed by atoms with E-state index in [1.54, 1.807) is 72.8 Å². The summed E-state index contributed by atoms with van der Waals surface area (Å²) >= 11 is 2.50. The molecule has 18 heteroatoms. The summed E-state index contributed by atoms with van der Waals surface area (Å²) in [6.07, 6.45) is 0.0919. The molecule has 0 fully saturated rings. The molecule has 2 aromatic carbocycles. The number of nitrogens with one attached hydrogen (secondary N) is 6. The number of nitrogens with zero attached hydrogens (tertiary/aromatic N) is 2. The van der Waals surface area contributed by atoms with Gasteiger partial charge in [-0.2, -0.15) is 0 Å². The highest BCUT2D eigenvalue weighted by molar-refractivity contribution is 7.99. The van der Waals surface area contributed by atoms with Crippen LogP contribution in [0.5, 0.6) is 0 Å². The van der Waals surface area contributed by atoms with Crippen LogP contribution in [0.2, 0.25) is 0 Å². The molecule has 16 nitrogen and oxygen atoms in total. The minimum atomic E-state index is -1.18. The molecular formula is C38H36N8O8S2. The Morgan fingerprint density at radius 3 is 1.29 bits per heavy atom. The molecule has 0 unspecified atom stereocenters. The van der Waals surface area contributed by atoms with E-state index in [4.69, 9.17) is 0 Å². The third kappa shape index (κ3) is 8.40. The number of amides is 6.